The van der Waals surface area contributed by atoms with Crippen molar-refractivity contribution in [1.82, 2.24) is 0 Å². The summed E-state index contributed by atoms with van der Waals surface area (Å²) in [4.78, 5) is 0. The Hall–Kier alpha value is -0.160. The van der Waals surface area contributed by atoms with E-state index >= 15 is 0 Å². The molecule has 5 N–H and O–H groups in total. The van der Waals surface area contributed by atoms with Gasteiger partial charge in [-0.1, -0.05) is 6.92 Å². The molecule has 0 aliphatic heterocycles. The van der Waals surface area contributed by atoms with Crippen molar-refractivity contribution in [2.45, 2.75) is 13.2 Å². The van der Waals surface area contributed by atoms with Gasteiger partial charge in [0.2, 0.25) is 0 Å². The molecular weight excluding hydrogens is 134 g/mol. The summed E-state index contributed by atoms with van der Waals surface area (Å²) in [6.07, 6.45) is -1.05. The van der Waals surface area contributed by atoms with E-state index in [9.17, 15) is 0 Å². The quantitative estimate of drug-likeness (QED) is 0.366. The number of nitrogens with two attached hydrogens (primary N) is 1. The molecule has 0 aliphatic carbocycles. The van der Waals surface area contributed by atoms with Crippen LogP contribution in [-0.4, -0.2) is 34.8 Å². The molecule has 0 saturated heterocycles. The van der Waals surface area contributed by atoms with Crippen molar-refractivity contribution >= 4 is 0 Å². The molecule has 62 valence electrons. The van der Waals surface area contributed by atoms with Crippen LogP contribution in [0, 0.1) is 11.8 Å². The molecule has 0 rings (SSSR count). The Morgan fingerprint density at radius 1 is 1.30 bits per heavy atom. The lowest BCUT2D eigenvalue weighted by Gasteiger charge is -2.22. The lowest BCUT2D eigenvalue weighted by Crippen LogP contribution is -2.37. The molecule has 0 aromatic heterocycles. The van der Waals surface area contributed by atoms with E-state index in [0.717, 1.165) is 0 Å². The first kappa shape index (κ1) is 9.84. The topological polar surface area (TPSA) is 86.7 Å². The monoisotopic (exact) mass is 149 g/mol. The molecule has 0 aromatic carbocycles. The number of hydrogen-bond acceptors (Lipinski definition) is 4. The molecule has 0 aliphatic rings. The van der Waals surface area contributed by atoms with E-state index < -0.39 is 12.1 Å². The van der Waals surface area contributed by atoms with Crippen molar-refractivity contribution in [3.8, 4) is 0 Å². The average Bonchev–Trinajstić information content (AvgIpc) is 1.88. The van der Waals surface area contributed by atoms with Gasteiger partial charge in [-0.15, -0.1) is 0 Å². The van der Waals surface area contributed by atoms with Crippen LogP contribution in [0.2, 0.25) is 0 Å². The SMILES string of the molecule is CC(CO)C(CO)C(N)O. The van der Waals surface area contributed by atoms with Crippen LogP contribution in [0.1, 0.15) is 6.92 Å². The van der Waals surface area contributed by atoms with Gasteiger partial charge in [0.25, 0.3) is 0 Å². The summed E-state index contributed by atoms with van der Waals surface area (Å²) in [6, 6.07) is 0. The van der Waals surface area contributed by atoms with Crippen molar-refractivity contribution in [3.05, 3.63) is 0 Å². The fourth-order valence-electron chi connectivity index (χ4n) is 0.760. The first-order valence-corrected chi connectivity index (χ1v) is 3.28. The van der Waals surface area contributed by atoms with Gasteiger partial charge in [-0.05, 0) is 5.92 Å². The molecule has 4 nitrogen and oxygen atoms in total. The lowest BCUT2D eigenvalue weighted by atomic mass is 9.94. The first-order chi connectivity index (χ1) is 4.63. The van der Waals surface area contributed by atoms with E-state index in [4.69, 9.17) is 21.1 Å². The van der Waals surface area contributed by atoms with Gasteiger partial charge in [-0.25, -0.2) is 0 Å². The molecule has 0 spiro atoms. The van der Waals surface area contributed by atoms with Gasteiger partial charge in [0.05, 0.1) is 6.61 Å². The summed E-state index contributed by atoms with van der Waals surface area (Å²) in [5.74, 6) is -0.588. The van der Waals surface area contributed by atoms with Crippen LogP contribution in [0.25, 0.3) is 0 Å². The highest BCUT2D eigenvalue weighted by molar-refractivity contribution is 4.68. The van der Waals surface area contributed by atoms with E-state index in [0.29, 0.717) is 0 Å². The van der Waals surface area contributed by atoms with Crippen molar-refractivity contribution in [2.24, 2.45) is 17.6 Å². The minimum atomic E-state index is -1.05. The van der Waals surface area contributed by atoms with Gasteiger partial charge in [0.1, 0.15) is 6.23 Å². The molecule has 0 radical (unpaired) electrons. The zero-order valence-electron chi connectivity index (χ0n) is 6.07. The number of aliphatic hydroxyl groups is 3. The molecule has 3 unspecified atom stereocenters. The van der Waals surface area contributed by atoms with E-state index in [-0.39, 0.29) is 19.1 Å². The first-order valence-electron chi connectivity index (χ1n) is 3.28. The second-order valence-corrected chi connectivity index (χ2v) is 2.50. The average molecular weight is 149 g/mol. The summed E-state index contributed by atoms with van der Waals surface area (Å²) >= 11 is 0. The fraction of sp³-hybridized carbons (Fsp3) is 1.00. The van der Waals surface area contributed by atoms with Crippen LogP contribution in [0.15, 0.2) is 0 Å². The molecule has 4 heteroatoms. The van der Waals surface area contributed by atoms with Crippen molar-refractivity contribution in [2.75, 3.05) is 13.2 Å². The highest BCUT2D eigenvalue weighted by atomic mass is 16.3. The molecule has 10 heavy (non-hydrogen) atoms. The van der Waals surface area contributed by atoms with Gasteiger partial charge < -0.3 is 21.1 Å². The molecule has 0 aromatic rings. The van der Waals surface area contributed by atoms with Gasteiger partial charge in [-0.2, -0.15) is 0 Å². The third kappa shape index (κ3) is 2.62. The molecular formula is C6H15NO3. The Kier molecular flexibility index (Phi) is 4.55. The maximum Gasteiger partial charge on any atom is 0.107 e. The van der Waals surface area contributed by atoms with Crippen molar-refractivity contribution < 1.29 is 15.3 Å². The Morgan fingerprint density at radius 2 is 1.80 bits per heavy atom. The zero-order valence-corrected chi connectivity index (χ0v) is 6.07. The van der Waals surface area contributed by atoms with Crippen LogP contribution in [0.3, 0.4) is 0 Å². The standard InChI is InChI=1S/C6H15NO3/c1-4(2-8)5(3-9)6(7)10/h4-6,8-10H,2-3,7H2,1H3. The van der Waals surface area contributed by atoms with Crippen molar-refractivity contribution in [1.29, 1.82) is 0 Å². The lowest BCUT2D eigenvalue weighted by molar-refractivity contribution is 0.0235. The van der Waals surface area contributed by atoms with Gasteiger partial charge in [-0.3, -0.25) is 0 Å². The maximum atomic E-state index is 8.82. The van der Waals surface area contributed by atoms with Gasteiger partial charge in [0, 0.05) is 12.5 Å². The Labute approximate surface area is 60.3 Å². The maximum absolute atomic E-state index is 8.82. The third-order valence-corrected chi connectivity index (χ3v) is 1.67. The number of hydrogen-bond donors (Lipinski definition) is 4. The summed E-state index contributed by atoms with van der Waals surface area (Å²) in [5, 5.41) is 26.1. The second-order valence-electron chi connectivity index (χ2n) is 2.50. The van der Waals surface area contributed by atoms with Crippen LogP contribution in [0.4, 0.5) is 0 Å². The molecule has 0 bridgehead atoms. The highest BCUT2D eigenvalue weighted by Crippen LogP contribution is 2.11. The Bertz CT molecular complexity index is 87.1. The number of rotatable bonds is 4. The van der Waals surface area contributed by atoms with Gasteiger partial charge >= 0.3 is 0 Å². The largest absolute Gasteiger partial charge is 0.396 e. The molecule has 3 atom stereocenters. The predicted octanol–water partition coefficient (Wildman–Crippen LogP) is -1.50. The van der Waals surface area contributed by atoms with Crippen LogP contribution in [0.5, 0.6) is 0 Å². The Morgan fingerprint density at radius 3 is 1.90 bits per heavy atom. The predicted molar refractivity (Wildman–Crippen MR) is 37.0 cm³/mol. The van der Waals surface area contributed by atoms with Gasteiger partial charge in [0.15, 0.2) is 0 Å². The zero-order chi connectivity index (χ0) is 8.15. The fourth-order valence-corrected chi connectivity index (χ4v) is 0.760. The van der Waals surface area contributed by atoms with E-state index in [1.54, 1.807) is 6.92 Å². The Balaban J connectivity index is 3.80. The summed E-state index contributed by atoms with van der Waals surface area (Å²) in [6.45, 7) is 1.45. The van der Waals surface area contributed by atoms with Crippen LogP contribution in [-0.2, 0) is 0 Å². The second kappa shape index (κ2) is 4.62. The third-order valence-electron chi connectivity index (χ3n) is 1.67. The molecule has 0 amide bonds. The van der Waals surface area contributed by atoms with E-state index in [1.165, 1.54) is 0 Å². The van der Waals surface area contributed by atoms with E-state index in [1.807, 2.05) is 0 Å². The van der Waals surface area contributed by atoms with Crippen LogP contribution >= 0.6 is 0 Å². The van der Waals surface area contributed by atoms with Crippen LogP contribution < -0.4 is 5.73 Å². The smallest absolute Gasteiger partial charge is 0.107 e. The number of aliphatic hydroxyl groups excluding tert-OH is 3. The summed E-state index contributed by atoms with van der Waals surface area (Å²) in [7, 11) is 0. The minimum Gasteiger partial charge on any atom is -0.396 e. The minimum absolute atomic E-state index is 0.0700. The molecule has 0 fully saturated rings. The summed E-state index contributed by atoms with van der Waals surface area (Å²) < 4.78 is 0. The molecule has 0 saturated carbocycles. The van der Waals surface area contributed by atoms with Crippen molar-refractivity contribution in [3.63, 3.8) is 0 Å². The normalized spacial score (nSPS) is 20.1. The highest BCUT2D eigenvalue weighted by Gasteiger charge is 2.20. The molecule has 0 heterocycles. The van der Waals surface area contributed by atoms with E-state index in [2.05, 4.69) is 0 Å². The summed E-state index contributed by atoms with van der Waals surface area (Å²) in [5.41, 5.74) is 5.11.